The molecule has 36 heavy (non-hydrogen) atoms. The van der Waals surface area contributed by atoms with Crippen molar-refractivity contribution >= 4 is 22.8 Å². The number of para-hydroxylation sites is 1. The van der Waals surface area contributed by atoms with Crippen LogP contribution in [0.3, 0.4) is 0 Å². The van der Waals surface area contributed by atoms with Crippen molar-refractivity contribution in [3.8, 4) is 11.4 Å². The number of hydrogen-bond acceptors (Lipinski definition) is 6. The molecule has 0 atom stereocenters. The second-order valence-corrected chi connectivity index (χ2v) is 9.58. The summed E-state index contributed by atoms with van der Waals surface area (Å²) in [5.74, 6) is 3.10. The first-order valence-electron chi connectivity index (χ1n) is 12.5. The van der Waals surface area contributed by atoms with Crippen LogP contribution in [-0.4, -0.2) is 63.8 Å². The Hall–Kier alpha value is -3.94. The number of anilines is 1. The molecule has 186 valence electrons. The number of ether oxygens (including phenoxy) is 1. The van der Waals surface area contributed by atoms with Crippen molar-refractivity contribution in [2.24, 2.45) is 5.92 Å². The SMILES string of the molecule is COc1ccc(CC(=O)N2CCN(c3nc(CC(C)C)nc4c3cnn4-c3ccccc3)CC2)cc1. The van der Waals surface area contributed by atoms with Gasteiger partial charge in [-0.15, -0.1) is 0 Å². The van der Waals surface area contributed by atoms with Gasteiger partial charge in [0.15, 0.2) is 5.65 Å². The lowest BCUT2D eigenvalue weighted by molar-refractivity contribution is -0.130. The van der Waals surface area contributed by atoms with Crippen LogP contribution in [0, 0.1) is 5.92 Å². The topological polar surface area (TPSA) is 76.4 Å². The molecule has 1 fully saturated rings. The molecule has 3 heterocycles. The highest BCUT2D eigenvalue weighted by atomic mass is 16.5. The zero-order valence-electron chi connectivity index (χ0n) is 21.1. The van der Waals surface area contributed by atoms with Crippen LogP contribution >= 0.6 is 0 Å². The number of benzene rings is 2. The molecule has 0 N–H and O–H groups in total. The van der Waals surface area contributed by atoms with Gasteiger partial charge in [-0.3, -0.25) is 4.79 Å². The summed E-state index contributed by atoms with van der Waals surface area (Å²) < 4.78 is 7.10. The van der Waals surface area contributed by atoms with E-state index >= 15 is 0 Å². The Labute approximate surface area is 211 Å². The third-order valence-corrected chi connectivity index (χ3v) is 6.49. The van der Waals surface area contributed by atoms with Gasteiger partial charge in [0.05, 0.1) is 30.8 Å². The minimum absolute atomic E-state index is 0.144. The first-order chi connectivity index (χ1) is 17.5. The fourth-order valence-corrected chi connectivity index (χ4v) is 4.59. The van der Waals surface area contributed by atoms with E-state index in [9.17, 15) is 4.79 Å². The second-order valence-electron chi connectivity index (χ2n) is 9.58. The number of amides is 1. The highest BCUT2D eigenvalue weighted by Gasteiger charge is 2.25. The Morgan fingerprint density at radius 3 is 2.36 bits per heavy atom. The molecule has 8 heteroatoms. The number of hydrogen-bond donors (Lipinski definition) is 0. The number of methoxy groups -OCH3 is 1. The van der Waals surface area contributed by atoms with Crippen LogP contribution in [0.25, 0.3) is 16.7 Å². The fraction of sp³-hybridized carbons (Fsp3) is 0.357. The van der Waals surface area contributed by atoms with Crippen LogP contribution in [0.15, 0.2) is 60.8 Å². The van der Waals surface area contributed by atoms with E-state index in [0.29, 0.717) is 25.4 Å². The molecular weight excluding hydrogens is 452 g/mol. The molecule has 0 spiro atoms. The maximum atomic E-state index is 13.0. The van der Waals surface area contributed by atoms with E-state index in [1.54, 1.807) is 7.11 Å². The molecule has 2 aromatic heterocycles. The lowest BCUT2D eigenvalue weighted by Gasteiger charge is -2.35. The molecule has 4 aromatic rings. The third kappa shape index (κ3) is 5.03. The van der Waals surface area contributed by atoms with Crippen molar-refractivity contribution in [3.05, 3.63) is 72.2 Å². The standard InChI is InChI=1S/C28H32N6O2/c1-20(2)17-25-30-27(24-19-29-34(28(24)31-25)22-7-5-4-6-8-22)33-15-13-32(14-16-33)26(35)18-21-9-11-23(36-3)12-10-21/h4-12,19-20H,13-18H2,1-3H3. The summed E-state index contributed by atoms with van der Waals surface area (Å²) in [7, 11) is 1.64. The predicted octanol–water partition coefficient (Wildman–Crippen LogP) is 3.91. The molecule has 2 aromatic carbocycles. The first kappa shape index (κ1) is 23.8. The lowest BCUT2D eigenvalue weighted by atomic mass is 10.1. The molecule has 1 saturated heterocycles. The second kappa shape index (κ2) is 10.4. The smallest absolute Gasteiger partial charge is 0.227 e. The monoisotopic (exact) mass is 484 g/mol. The van der Waals surface area contributed by atoms with Crippen molar-refractivity contribution in [1.82, 2.24) is 24.6 Å². The Balaban J connectivity index is 1.36. The molecule has 5 rings (SSSR count). The first-order valence-corrected chi connectivity index (χ1v) is 12.5. The molecule has 0 bridgehead atoms. The van der Waals surface area contributed by atoms with Gasteiger partial charge in [0.25, 0.3) is 0 Å². The minimum atomic E-state index is 0.144. The van der Waals surface area contributed by atoms with Crippen LogP contribution in [0.5, 0.6) is 5.75 Å². The van der Waals surface area contributed by atoms with Gasteiger partial charge < -0.3 is 14.5 Å². The predicted molar refractivity (Wildman–Crippen MR) is 141 cm³/mol. The van der Waals surface area contributed by atoms with Gasteiger partial charge >= 0.3 is 0 Å². The molecule has 0 radical (unpaired) electrons. The largest absolute Gasteiger partial charge is 0.497 e. The summed E-state index contributed by atoms with van der Waals surface area (Å²) in [5, 5.41) is 5.59. The Morgan fingerprint density at radius 2 is 1.69 bits per heavy atom. The van der Waals surface area contributed by atoms with Gasteiger partial charge in [-0.1, -0.05) is 44.2 Å². The summed E-state index contributed by atoms with van der Waals surface area (Å²) in [4.78, 5) is 27.0. The Bertz CT molecular complexity index is 1330. The van der Waals surface area contributed by atoms with Crippen molar-refractivity contribution in [3.63, 3.8) is 0 Å². The molecule has 0 saturated carbocycles. The molecule has 0 unspecified atom stereocenters. The van der Waals surface area contributed by atoms with Crippen molar-refractivity contribution in [1.29, 1.82) is 0 Å². The number of nitrogens with zero attached hydrogens (tertiary/aromatic N) is 6. The minimum Gasteiger partial charge on any atom is -0.497 e. The van der Waals surface area contributed by atoms with E-state index in [-0.39, 0.29) is 5.91 Å². The molecular formula is C28H32N6O2. The summed E-state index contributed by atoms with van der Waals surface area (Å²) in [5.41, 5.74) is 2.79. The molecule has 1 aliphatic heterocycles. The number of aromatic nitrogens is 4. The van der Waals surface area contributed by atoms with E-state index in [1.165, 1.54) is 0 Å². The maximum absolute atomic E-state index is 13.0. The zero-order valence-corrected chi connectivity index (χ0v) is 21.1. The van der Waals surface area contributed by atoms with E-state index in [4.69, 9.17) is 14.7 Å². The van der Waals surface area contributed by atoms with Gasteiger partial charge in [-0.2, -0.15) is 5.10 Å². The van der Waals surface area contributed by atoms with Gasteiger partial charge in [0.1, 0.15) is 17.4 Å². The fourth-order valence-electron chi connectivity index (χ4n) is 4.59. The number of rotatable bonds is 7. The average Bonchev–Trinajstić information content (AvgIpc) is 3.33. The van der Waals surface area contributed by atoms with Crippen LogP contribution < -0.4 is 9.64 Å². The zero-order chi connectivity index (χ0) is 25.1. The van der Waals surface area contributed by atoms with E-state index in [0.717, 1.165) is 59.2 Å². The summed E-state index contributed by atoms with van der Waals surface area (Å²) >= 11 is 0. The molecule has 1 aliphatic rings. The van der Waals surface area contributed by atoms with Crippen LogP contribution in [-0.2, 0) is 17.6 Å². The number of fused-ring (bicyclic) bond motifs is 1. The van der Waals surface area contributed by atoms with Gasteiger partial charge in [-0.05, 0) is 35.7 Å². The number of piperazine rings is 1. The van der Waals surface area contributed by atoms with Crippen molar-refractivity contribution in [2.75, 3.05) is 38.2 Å². The maximum Gasteiger partial charge on any atom is 0.227 e. The van der Waals surface area contributed by atoms with Gasteiger partial charge in [0, 0.05) is 32.6 Å². The van der Waals surface area contributed by atoms with Gasteiger partial charge in [0.2, 0.25) is 5.91 Å². The van der Waals surface area contributed by atoms with E-state index < -0.39 is 0 Å². The van der Waals surface area contributed by atoms with Crippen LogP contribution in [0.4, 0.5) is 5.82 Å². The highest BCUT2D eigenvalue weighted by molar-refractivity contribution is 5.88. The van der Waals surface area contributed by atoms with Crippen molar-refractivity contribution < 1.29 is 9.53 Å². The molecule has 1 amide bonds. The summed E-state index contributed by atoms with van der Waals surface area (Å²) in [6, 6.07) is 17.7. The average molecular weight is 485 g/mol. The number of carbonyl (C=O) groups is 1. The normalized spacial score (nSPS) is 14.0. The highest BCUT2D eigenvalue weighted by Crippen LogP contribution is 2.27. The summed E-state index contributed by atoms with van der Waals surface area (Å²) in [6.07, 6.45) is 3.05. The quantitative estimate of drug-likeness (QED) is 0.396. The van der Waals surface area contributed by atoms with E-state index in [1.807, 2.05) is 70.4 Å². The Kier molecular flexibility index (Phi) is 6.84. The third-order valence-electron chi connectivity index (χ3n) is 6.49. The lowest BCUT2D eigenvalue weighted by Crippen LogP contribution is -2.49. The van der Waals surface area contributed by atoms with Gasteiger partial charge in [-0.25, -0.2) is 14.6 Å². The van der Waals surface area contributed by atoms with Crippen LogP contribution in [0.2, 0.25) is 0 Å². The van der Waals surface area contributed by atoms with E-state index in [2.05, 4.69) is 23.8 Å². The summed E-state index contributed by atoms with van der Waals surface area (Å²) in [6.45, 7) is 7.11. The molecule has 0 aliphatic carbocycles. The molecule has 8 nitrogen and oxygen atoms in total. The van der Waals surface area contributed by atoms with Crippen molar-refractivity contribution in [2.45, 2.75) is 26.7 Å². The van der Waals surface area contributed by atoms with Crippen LogP contribution in [0.1, 0.15) is 25.2 Å². The Morgan fingerprint density at radius 1 is 0.972 bits per heavy atom. The number of carbonyl (C=O) groups excluding carboxylic acids is 1.